The van der Waals surface area contributed by atoms with Crippen LogP contribution >= 0.6 is 11.6 Å². The predicted molar refractivity (Wildman–Crippen MR) is 77.0 cm³/mol. The fraction of sp³-hybridized carbons (Fsp3) is 0.429. The van der Waals surface area contributed by atoms with Gasteiger partial charge in [0.2, 0.25) is 0 Å². The van der Waals surface area contributed by atoms with Gasteiger partial charge in [0.1, 0.15) is 11.1 Å². The van der Waals surface area contributed by atoms with Crippen molar-refractivity contribution in [2.45, 2.75) is 37.6 Å². The van der Waals surface area contributed by atoms with Gasteiger partial charge in [-0.15, -0.1) is 0 Å². The maximum Gasteiger partial charge on any atom is 0.283 e. The Morgan fingerprint density at radius 2 is 2.05 bits per heavy atom. The van der Waals surface area contributed by atoms with Gasteiger partial charge in [0.25, 0.3) is 11.6 Å². The number of carbonyl (C=O) groups excluding carboxylic acids is 1. The van der Waals surface area contributed by atoms with E-state index in [1.807, 2.05) is 0 Å². The second-order valence-corrected chi connectivity index (χ2v) is 5.56. The van der Waals surface area contributed by atoms with Gasteiger partial charge in [-0.25, -0.2) is 0 Å². The molecule has 7 heteroatoms. The van der Waals surface area contributed by atoms with Crippen LogP contribution in [0, 0.1) is 21.4 Å². The quantitative estimate of drug-likeness (QED) is 0.685. The lowest BCUT2D eigenvalue weighted by molar-refractivity contribution is -0.385. The molecule has 1 saturated carbocycles. The van der Waals surface area contributed by atoms with Crippen LogP contribution in [0.1, 0.15) is 42.5 Å². The molecule has 6 nitrogen and oxygen atoms in total. The van der Waals surface area contributed by atoms with E-state index >= 15 is 0 Å². The van der Waals surface area contributed by atoms with Crippen molar-refractivity contribution in [3.63, 3.8) is 0 Å². The van der Waals surface area contributed by atoms with Crippen molar-refractivity contribution in [1.82, 2.24) is 5.32 Å². The lowest BCUT2D eigenvalue weighted by Crippen LogP contribution is -2.48. The summed E-state index contributed by atoms with van der Waals surface area (Å²) in [5.41, 5.74) is -1.36. The summed E-state index contributed by atoms with van der Waals surface area (Å²) in [5, 5.41) is 23.2. The van der Waals surface area contributed by atoms with E-state index in [1.165, 1.54) is 12.1 Å². The van der Waals surface area contributed by atoms with Crippen LogP contribution in [0.2, 0.25) is 5.02 Å². The fourth-order valence-electron chi connectivity index (χ4n) is 2.55. The molecule has 1 N–H and O–H groups in total. The van der Waals surface area contributed by atoms with Gasteiger partial charge in [0, 0.05) is 11.1 Å². The molecule has 21 heavy (non-hydrogen) atoms. The number of nitrogens with zero attached hydrogens (tertiary/aromatic N) is 2. The first-order chi connectivity index (χ1) is 9.97. The molecule has 0 aliphatic heterocycles. The smallest absolute Gasteiger partial charge is 0.283 e. The third-order valence-electron chi connectivity index (χ3n) is 3.68. The molecule has 0 atom stereocenters. The van der Waals surface area contributed by atoms with Crippen molar-refractivity contribution in [3.05, 3.63) is 38.9 Å². The van der Waals surface area contributed by atoms with Crippen LogP contribution in [0.25, 0.3) is 0 Å². The SMILES string of the molecule is N#CC1(NC(=O)c2ccc(Cl)cc2[N+](=O)[O-])CCCCC1. The van der Waals surface area contributed by atoms with E-state index in [9.17, 15) is 20.2 Å². The molecule has 0 aromatic heterocycles. The molecule has 1 aromatic carbocycles. The normalized spacial score (nSPS) is 16.8. The zero-order chi connectivity index (χ0) is 15.5. The number of rotatable bonds is 3. The first-order valence-electron chi connectivity index (χ1n) is 6.65. The van der Waals surface area contributed by atoms with Gasteiger partial charge < -0.3 is 5.32 Å². The summed E-state index contributed by atoms with van der Waals surface area (Å²) < 4.78 is 0. The average Bonchev–Trinajstić information content (AvgIpc) is 2.47. The number of nitro benzene ring substituents is 1. The lowest BCUT2D eigenvalue weighted by Gasteiger charge is -2.31. The summed E-state index contributed by atoms with van der Waals surface area (Å²) in [6.07, 6.45) is 3.88. The Balaban J connectivity index is 2.28. The van der Waals surface area contributed by atoms with Gasteiger partial charge in [-0.3, -0.25) is 14.9 Å². The minimum absolute atomic E-state index is 0.0791. The van der Waals surface area contributed by atoms with Crippen LogP contribution in [0.5, 0.6) is 0 Å². The molecular formula is C14H14ClN3O3. The van der Waals surface area contributed by atoms with E-state index in [-0.39, 0.29) is 16.3 Å². The van der Waals surface area contributed by atoms with Crippen molar-refractivity contribution < 1.29 is 9.72 Å². The molecule has 0 spiro atoms. The summed E-state index contributed by atoms with van der Waals surface area (Å²) in [6.45, 7) is 0. The summed E-state index contributed by atoms with van der Waals surface area (Å²) in [4.78, 5) is 22.7. The van der Waals surface area contributed by atoms with Crippen molar-refractivity contribution in [2.75, 3.05) is 0 Å². The highest BCUT2D eigenvalue weighted by Gasteiger charge is 2.35. The van der Waals surface area contributed by atoms with Crippen LogP contribution in [0.3, 0.4) is 0 Å². The molecule has 2 rings (SSSR count). The molecule has 1 aliphatic carbocycles. The predicted octanol–water partition coefficient (Wildman–Crippen LogP) is 3.20. The van der Waals surface area contributed by atoms with Gasteiger partial charge in [-0.2, -0.15) is 5.26 Å². The van der Waals surface area contributed by atoms with E-state index in [1.54, 1.807) is 0 Å². The molecule has 0 heterocycles. The number of carbonyl (C=O) groups is 1. The standard InChI is InChI=1S/C14H14ClN3O3/c15-10-4-5-11(12(8-10)18(20)21)13(19)17-14(9-16)6-2-1-3-7-14/h4-5,8H,1-3,6-7H2,(H,17,19). The molecule has 1 aromatic rings. The number of nitro groups is 1. The van der Waals surface area contributed by atoms with Gasteiger partial charge >= 0.3 is 0 Å². The van der Waals surface area contributed by atoms with E-state index in [4.69, 9.17) is 11.6 Å². The molecule has 1 fully saturated rings. The molecule has 110 valence electrons. The maximum absolute atomic E-state index is 12.3. The topological polar surface area (TPSA) is 96.0 Å². The van der Waals surface area contributed by atoms with Gasteiger partial charge in [0.15, 0.2) is 0 Å². The summed E-state index contributed by atoms with van der Waals surface area (Å²) in [6, 6.07) is 6.01. The molecular weight excluding hydrogens is 294 g/mol. The summed E-state index contributed by atoms with van der Waals surface area (Å²) >= 11 is 5.72. The maximum atomic E-state index is 12.3. The first kappa shape index (κ1) is 15.3. The Bertz CT molecular complexity index is 618. The number of hydrogen-bond acceptors (Lipinski definition) is 4. The highest BCUT2D eigenvalue weighted by atomic mass is 35.5. The van der Waals surface area contributed by atoms with Crippen LogP contribution in [0.15, 0.2) is 18.2 Å². The number of benzene rings is 1. The number of nitrogens with one attached hydrogen (secondary N) is 1. The molecule has 1 amide bonds. The van der Waals surface area contributed by atoms with E-state index in [0.717, 1.165) is 25.3 Å². The highest BCUT2D eigenvalue weighted by Crippen LogP contribution is 2.29. The third kappa shape index (κ3) is 3.31. The van der Waals surface area contributed by atoms with Gasteiger partial charge in [-0.1, -0.05) is 30.9 Å². The highest BCUT2D eigenvalue weighted by molar-refractivity contribution is 6.31. The van der Waals surface area contributed by atoms with Gasteiger partial charge in [0.05, 0.1) is 11.0 Å². The van der Waals surface area contributed by atoms with E-state index < -0.39 is 16.4 Å². The van der Waals surface area contributed by atoms with Crippen molar-refractivity contribution in [3.8, 4) is 6.07 Å². The zero-order valence-corrected chi connectivity index (χ0v) is 12.0. The summed E-state index contributed by atoms with van der Waals surface area (Å²) in [7, 11) is 0. The van der Waals surface area contributed by atoms with Crippen LogP contribution in [-0.2, 0) is 0 Å². The Labute approximate surface area is 126 Å². The number of halogens is 1. The minimum Gasteiger partial charge on any atom is -0.333 e. The van der Waals surface area contributed by atoms with E-state index in [0.29, 0.717) is 12.8 Å². The molecule has 0 saturated heterocycles. The Morgan fingerprint density at radius 3 is 2.62 bits per heavy atom. The number of hydrogen-bond donors (Lipinski definition) is 1. The molecule has 1 aliphatic rings. The largest absolute Gasteiger partial charge is 0.333 e. The van der Waals surface area contributed by atoms with Crippen LogP contribution < -0.4 is 5.32 Å². The summed E-state index contributed by atoms with van der Waals surface area (Å²) in [5.74, 6) is -0.609. The van der Waals surface area contributed by atoms with Crippen molar-refractivity contribution in [1.29, 1.82) is 5.26 Å². The first-order valence-corrected chi connectivity index (χ1v) is 7.03. The lowest BCUT2D eigenvalue weighted by atomic mass is 9.82. The second kappa shape index (κ2) is 6.10. The second-order valence-electron chi connectivity index (χ2n) is 5.13. The van der Waals surface area contributed by atoms with Crippen molar-refractivity contribution >= 4 is 23.2 Å². The van der Waals surface area contributed by atoms with E-state index in [2.05, 4.69) is 11.4 Å². The van der Waals surface area contributed by atoms with Crippen LogP contribution in [-0.4, -0.2) is 16.4 Å². The minimum atomic E-state index is -0.928. The zero-order valence-electron chi connectivity index (χ0n) is 11.3. The average molecular weight is 308 g/mol. The Kier molecular flexibility index (Phi) is 4.43. The molecule has 0 radical (unpaired) electrons. The van der Waals surface area contributed by atoms with Crippen LogP contribution in [0.4, 0.5) is 5.69 Å². The fourth-order valence-corrected chi connectivity index (χ4v) is 2.72. The molecule has 0 unspecified atom stereocenters. The Hall–Kier alpha value is -2.13. The third-order valence-corrected chi connectivity index (χ3v) is 3.91. The number of amides is 1. The number of nitriles is 1. The van der Waals surface area contributed by atoms with Crippen molar-refractivity contribution in [2.24, 2.45) is 0 Å². The Morgan fingerprint density at radius 1 is 1.38 bits per heavy atom. The monoisotopic (exact) mass is 307 g/mol. The van der Waals surface area contributed by atoms with Gasteiger partial charge in [-0.05, 0) is 25.0 Å². The molecule has 0 bridgehead atoms.